The molecule has 1 atom stereocenters. The summed E-state index contributed by atoms with van der Waals surface area (Å²) < 4.78 is 15.6. The Bertz CT molecular complexity index is 668. The van der Waals surface area contributed by atoms with Gasteiger partial charge in [0.2, 0.25) is 5.95 Å². The SMILES string of the molecule is Cn1c(N2CCCC(C(=O)O)C2)nc2c(F)cccc21. The number of aliphatic carboxylic acids is 1. The average molecular weight is 277 g/mol. The minimum absolute atomic E-state index is 0.336. The van der Waals surface area contributed by atoms with Gasteiger partial charge in [-0.1, -0.05) is 6.07 Å². The molecule has 1 aromatic heterocycles. The van der Waals surface area contributed by atoms with Gasteiger partial charge in [-0.05, 0) is 25.0 Å². The lowest BCUT2D eigenvalue weighted by Gasteiger charge is -2.31. The van der Waals surface area contributed by atoms with Crippen LogP contribution in [0, 0.1) is 11.7 Å². The number of hydrogen-bond acceptors (Lipinski definition) is 3. The van der Waals surface area contributed by atoms with E-state index in [1.807, 2.05) is 22.6 Å². The number of benzene rings is 1. The van der Waals surface area contributed by atoms with Gasteiger partial charge in [-0.15, -0.1) is 0 Å². The summed E-state index contributed by atoms with van der Waals surface area (Å²) >= 11 is 0. The predicted molar refractivity (Wildman–Crippen MR) is 73.2 cm³/mol. The molecule has 0 radical (unpaired) electrons. The molecular formula is C14H16FN3O2. The van der Waals surface area contributed by atoms with Crippen LogP contribution < -0.4 is 4.90 Å². The highest BCUT2D eigenvalue weighted by molar-refractivity contribution is 5.79. The molecule has 0 amide bonds. The Morgan fingerprint density at radius 2 is 2.30 bits per heavy atom. The minimum Gasteiger partial charge on any atom is -0.481 e. The Hall–Kier alpha value is -2.11. The Morgan fingerprint density at radius 1 is 1.50 bits per heavy atom. The van der Waals surface area contributed by atoms with Gasteiger partial charge in [-0.3, -0.25) is 4.79 Å². The van der Waals surface area contributed by atoms with Crippen LogP contribution in [0.25, 0.3) is 11.0 Å². The van der Waals surface area contributed by atoms with Gasteiger partial charge in [-0.2, -0.15) is 0 Å². The number of aryl methyl sites for hydroxylation is 1. The molecular weight excluding hydrogens is 261 g/mol. The zero-order valence-corrected chi connectivity index (χ0v) is 11.2. The van der Waals surface area contributed by atoms with E-state index in [4.69, 9.17) is 5.11 Å². The second kappa shape index (κ2) is 4.77. The van der Waals surface area contributed by atoms with Crippen molar-refractivity contribution in [1.82, 2.24) is 9.55 Å². The number of aromatic nitrogens is 2. The second-order valence-electron chi connectivity index (χ2n) is 5.20. The molecule has 0 spiro atoms. The maximum atomic E-state index is 13.8. The van der Waals surface area contributed by atoms with Crippen LogP contribution in [-0.4, -0.2) is 33.7 Å². The number of hydrogen-bond donors (Lipinski definition) is 1. The third-order valence-corrected chi connectivity index (χ3v) is 3.89. The number of carbonyl (C=O) groups is 1. The van der Waals surface area contributed by atoms with Crippen molar-refractivity contribution >= 4 is 23.0 Å². The summed E-state index contributed by atoms with van der Waals surface area (Å²) in [6, 6.07) is 4.85. The summed E-state index contributed by atoms with van der Waals surface area (Å²) in [4.78, 5) is 17.4. The van der Waals surface area contributed by atoms with E-state index >= 15 is 0 Å². The number of anilines is 1. The van der Waals surface area contributed by atoms with E-state index in [-0.39, 0.29) is 11.7 Å². The van der Waals surface area contributed by atoms with Crippen molar-refractivity contribution in [1.29, 1.82) is 0 Å². The molecule has 0 saturated carbocycles. The van der Waals surface area contributed by atoms with E-state index < -0.39 is 5.97 Å². The summed E-state index contributed by atoms with van der Waals surface area (Å²) in [6.07, 6.45) is 1.49. The normalized spacial score (nSPS) is 19.5. The molecule has 106 valence electrons. The number of carboxylic acid groups (broad SMARTS) is 1. The zero-order chi connectivity index (χ0) is 14.3. The van der Waals surface area contributed by atoms with Crippen LogP contribution in [0.3, 0.4) is 0 Å². The maximum Gasteiger partial charge on any atom is 0.308 e. The Balaban J connectivity index is 2.00. The molecule has 1 unspecified atom stereocenters. The van der Waals surface area contributed by atoms with E-state index in [1.54, 1.807) is 6.07 Å². The van der Waals surface area contributed by atoms with Crippen LogP contribution in [0.1, 0.15) is 12.8 Å². The summed E-state index contributed by atoms with van der Waals surface area (Å²) in [6.45, 7) is 1.18. The fraction of sp³-hybridized carbons (Fsp3) is 0.429. The van der Waals surface area contributed by atoms with Crippen molar-refractivity contribution < 1.29 is 14.3 Å². The van der Waals surface area contributed by atoms with E-state index in [9.17, 15) is 9.18 Å². The topological polar surface area (TPSA) is 58.4 Å². The van der Waals surface area contributed by atoms with Gasteiger partial charge in [0.1, 0.15) is 5.52 Å². The molecule has 5 nitrogen and oxygen atoms in total. The van der Waals surface area contributed by atoms with Gasteiger partial charge in [0.05, 0.1) is 11.4 Å². The molecule has 1 aliphatic rings. The van der Waals surface area contributed by atoms with Gasteiger partial charge < -0.3 is 14.6 Å². The number of fused-ring (bicyclic) bond motifs is 1. The van der Waals surface area contributed by atoms with Crippen molar-refractivity contribution in [3.05, 3.63) is 24.0 Å². The number of rotatable bonds is 2. The lowest BCUT2D eigenvalue weighted by atomic mass is 9.99. The number of imidazole rings is 1. The first-order valence-corrected chi connectivity index (χ1v) is 6.66. The summed E-state index contributed by atoms with van der Waals surface area (Å²) in [5.74, 6) is -0.875. The zero-order valence-electron chi connectivity index (χ0n) is 11.2. The minimum atomic E-state index is -0.778. The van der Waals surface area contributed by atoms with E-state index in [2.05, 4.69) is 4.98 Å². The van der Waals surface area contributed by atoms with Gasteiger partial charge >= 0.3 is 5.97 Å². The summed E-state index contributed by atoms with van der Waals surface area (Å²) in [5.41, 5.74) is 1.06. The first kappa shape index (κ1) is 12.9. The van der Waals surface area contributed by atoms with Crippen molar-refractivity contribution in [2.75, 3.05) is 18.0 Å². The van der Waals surface area contributed by atoms with Crippen LogP contribution in [0.15, 0.2) is 18.2 Å². The van der Waals surface area contributed by atoms with Crippen molar-refractivity contribution in [3.63, 3.8) is 0 Å². The standard InChI is InChI=1S/C14H16FN3O2/c1-17-11-6-2-5-10(15)12(11)16-14(17)18-7-3-4-9(8-18)13(19)20/h2,5-6,9H,3-4,7-8H2,1H3,(H,19,20). The molecule has 1 fully saturated rings. The lowest BCUT2D eigenvalue weighted by molar-refractivity contribution is -0.141. The van der Waals surface area contributed by atoms with E-state index in [0.717, 1.165) is 18.5 Å². The molecule has 1 aliphatic heterocycles. The highest BCUT2D eigenvalue weighted by Crippen LogP contribution is 2.27. The number of para-hydroxylation sites is 1. The Morgan fingerprint density at radius 3 is 3.00 bits per heavy atom. The monoisotopic (exact) mass is 277 g/mol. The molecule has 0 aliphatic carbocycles. The van der Waals surface area contributed by atoms with Crippen LogP contribution in [0.2, 0.25) is 0 Å². The first-order valence-electron chi connectivity index (χ1n) is 6.66. The molecule has 6 heteroatoms. The first-order chi connectivity index (χ1) is 9.58. The largest absolute Gasteiger partial charge is 0.481 e. The van der Waals surface area contributed by atoms with Gasteiger partial charge in [-0.25, -0.2) is 9.37 Å². The molecule has 1 aromatic carbocycles. The van der Waals surface area contributed by atoms with E-state index in [0.29, 0.717) is 24.4 Å². The quantitative estimate of drug-likeness (QED) is 0.912. The van der Waals surface area contributed by atoms with Gasteiger partial charge in [0.25, 0.3) is 0 Å². The summed E-state index contributed by atoms with van der Waals surface area (Å²) in [7, 11) is 1.83. The number of nitrogens with zero attached hydrogens (tertiary/aromatic N) is 3. The molecule has 20 heavy (non-hydrogen) atoms. The van der Waals surface area contributed by atoms with Crippen LogP contribution in [-0.2, 0) is 11.8 Å². The Labute approximate surface area is 115 Å². The van der Waals surface area contributed by atoms with Gasteiger partial charge in [0, 0.05) is 20.1 Å². The fourth-order valence-electron chi connectivity index (χ4n) is 2.81. The third-order valence-electron chi connectivity index (χ3n) is 3.89. The summed E-state index contributed by atoms with van der Waals surface area (Å²) in [5, 5.41) is 9.14. The third kappa shape index (κ3) is 2.01. The number of carboxylic acids is 1. The molecule has 2 aromatic rings. The highest BCUT2D eigenvalue weighted by atomic mass is 19.1. The maximum absolute atomic E-state index is 13.8. The average Bonchev–Trinajstić information content (AvgIpc) is 2.78. The van der Waals surface area contributed by atoms with Crippen molar-refractivity contribution in [2.45, 2.75) is 12.8 Å². The molecule has 2 heterocycles. The number of piperidine rings is 1. The van der Waals surface area contributed by atoms with Crippen LogP contribution >= 0.6 is 0 Å². The second-order valence-corrected chi connectivity index (χ2v) is 5.20. The van der Waals surface area contributed by atoms with E-state index in [1.165, 1.54) is 6.07 Å². The molecule has 1 N–H and O–H groups in total. The van der Waals surface area contributed by atoms with Crippen LogP contribution in [0.4, 0.5) is 10.3 Å². The lowest BCUT2D eigenvalue weighted by Crippen LogP contribution is -2.39. The highest BCUT2D eigenvalue weighted by Gasteiger charge is 2.28. The van der Waals surface area contributed by atoms with Crippen molar-refractivity contribution in [2.24, 2.45) is 13.0 Å². The van der Waals surface area contributed by atoms with Gasteiger partial charge in [0.15, 0.2) is 5.82 Å². The number of halogens is 1. The van der Waals surface area contributed by atoms with Crippen molar-refractivity contribution in [3.8, 4) is 0 Å². The Kier molecular flexibility index (Phi) is 3.08. The molecule has 3 rings (SSSR count). The van der Waals surface area contributed by atoms with Crippen LogP contribution in [0.5, 0.6) is 0 Å². The molecule has 0 bridgehead atoms. The molecule has 1 saturated heterocycles. The smallest absolute Gasteiger partial charge is 0.308 e. The predicted octanol–water partition coefficient (Wildman–Crippen LogP) is 2.01. The fourth-order valence-corrected chi connectivity index (χ4v) is 2.81.